The molecule has 5 nitrogen and oxygen atoms in total. The molecule has 2 rings (SSSR count). The van der Waals surface area contributed by atoms with E-state index in [9.17, 15) is 4.79 Å². The van der Waals surface area contributed by atoms with Crippen molar-refractivity contribution in [3.63, 3.8) is 0 Å². The monoisotopic (exact) mass is 378 g/mol. The Labute approximate surface area is 161 Å². The zero-order valence-corrected chi connectivity index (χ0v) is 16.3. The van der Waals surface area contributed by atoms with Crippen LogP contribution in [0.5, 0.6) is 11.5 Å². The van der Waals surface area contributed by atoms with E-state index in [1.165, 1.54) is 0 Å². The highest BCUT2D eigenvalue weighted by atomic mass is 35.5. The van der Waals surface area contributed by atoms with Crippen LogP contribution >= 0.6 is 12.4 Å². The van der Waals surface area contributed by atoms with Crippen molar-refractivity contribution in [2.24, 2.45) is 0 Å². The minimum atomic E-state index is -0.0938. The molecule has 1 atom stereocenters. The van der Waals surface area contributed by atoms with Crippen molar-refractivity contribution >= 4 is 18.3 Å². The van der Waals surface area contributed by atoms with Crippen molar-refractivity contribution in [2.75, 3.05) is 27.8 Å². The minimum absolute atomic E-state index is 0. The molecular weight excluding hydrogens is 352 g/mol. The molecule has 1 unspecified atom stereocenters. The molecule has 0 heterocycles. The summed E-state index contributed by atoms with van der Waals surface area (Å²) in [6.45, 7) is 0.656. The summed E-state index contributed by atoms with van der Waals surface area (Å²) in [5.41, 5.74) is 2.19. The Morgan fingerprint density at radius 1 is 0.962 bits per heavy atom. The number of rotatable bonds is 9. The number of halogens is 1. The second-order valence-electron chi connectivity index (χ2n) is 5.80. The first-order valence-electron chi connectivity index (χ1n) is 8.37. The zero-order chi connectivity index (χ0) is 18.1. The first-order chi connectivity index (χ1) is 12.2. The van der Waals surface area contributed by atoms with Crippen LogP contribution in [-0.4, -0.2) is 33.7 Å². The van der Waals surface area contributed by atoms with Crippen LogP contribution in [0, 0.1) is 0 Å². The summed E-state index contributed by atoms with van der Waals surface area (Å²) in [4.78, 5) is 12.2. The van der Waals surface area contributed by atoms with E-state index < -0.39 is 0 Å². The largest absolute Gasteiger partial charge is 0.497 e. The molecule has 0 spiro atoms. The first-order valence-corrected chi connectivity index (χ1v) is 8.37. The third kappa shape index (κ3) is 6.58. The van der Waals surface area contributed by atoms with Crippen molar-refractivity contribution in [1.82, 2.24) is 10.6 Å². The van der Waals surface area contributed by atoms with Gasteiger partial charge in [-0.3, -0.25) is 4.79 Å². The van der Waals surface area contributed by atoms with E-state index in [4.69, 9.17) is 9.47 Å². The van der Waals surface area contributed by atoms with Crippen LogP contribution in [0.1, 0.15) is 23.6 Å². The molecule has 0 aliphatic heterocycles. The van der Waals surface area contributed by atoms with E-state index >= 15 is 0 Å². The van der Waals surface area contributed by atoms with E-state index in [0.717, 1.165) is 22.6 Å². The van der Waals surface area contributed by atoms with Crippen LogP contribution < -0.4 is 20.1 Å². The number of nitrogens with one attached hydrogen (secondary N) is 2. The third-order valence-corrected chi connectivity index (χ3v) is 4.05. The van der Waals surface area contributed by atoms with Gasteiger partial charge in [0.05, 0.1) is 20.3 Å². The maximum atomic E-state index is 12.2. The van der Waals surface area contributed by atoms with Gasteiger partial charge >= 0.3 is 0 Å². The first kappa shape index (κ1) is 21.8. The molecule has 1 amide bonds. The van der Waals surface area contributed by atoms with Crippen molar-refractivity contribution in [2.45, 2.75) is 18.9 Å². The topological polar surface area (TPSA) is 59.6 Å². The molecule has 0 fully saturated rings. The van der Waals surface area contributed by atoms with Gasteiger partial charge in [-0.05, 0) is 48.9 Å². The van der Waals surface area contributed by atoms with Gasteiger partial charge in [0.15, 0.2) is 0 Å². The van der Waals surface area contributed by atoms with Crippen LogP contribution in [-0.2, 0) is 11.2 Å². The Hall–Kier alpha value is -2.24. The van der Waals surface area contributed by atoms with Gasteiger partial charge in [0.25, 0.3) is 0 Å². The van der Waals surface area contributed by atoms with Crippen LogP contribution in [0.4, 0.5) is 0 Å². The van der Waals surface area contributed by atoms with E-state index in [1.807, 2.05) is 55.6 Å². The van der Waals surface area contributed by atoms with Gasteiger partial charge < -0.3 is 20.1 Å². The van der Waals surface area contributed by atoms with Gasteiger partial charge in [-0.15, -0.1) is 12.4 Å². The molecule has 2 aromatic carbocycles. The lowest BCUT2D eigenvalue weighted by molar-refractivity contribution is -0.121. The summed E-state index contributed by atoms with van der Waals surface area (Å²) in [5, 5.41) is 6.13. The molecular formula is C20H27ClN2O3. The molecule has 0 bridgehead atoms. The molecule has 6 heteroatoms. The Morgan fingerprint density at radius 3 is 2.00 bits per heavy atom. The number of ether oxygens (including phenoxy) is 2. The average molecular weight is 379 g/mol. The van der Waals surface area contributed by atoms with Crippen LogP contribution in [0.2, 0.25) is 0 Å². The second-order valence-corrected chi connectivity index (χ2v) is 5.80. The van der Waals surface area contributed by atoms with Crippen molar-refractivity contribution in [3.05, 3.63) is 59.7 Å². The number of methoxy groups -OCH3 is 2. The Kier molecular flexibility index (Phi) is 9.55. The summed E-state index contributed by atoms with van der Waals surface area (Å²) >= 11 is 0. The lowest BCUT2D eigenvalue weighted by Crippen LogP contribution is -2.31. The lowest BCUT2D eigenvalue weighted by atomic mass is 9.98. The SMILES string of the molecule is CNCCC(=O)NC(Cc1ccc(OC)cc1)c1ccc(OC)cc1.Cl. The summed E-state index contributed by atoms with van der Waals surface area (Å²) in [6, 6.07) is 15.6. The maximum absolute atomic E-state index is 12.2. The molecule has 0 radical (unpaired) electrons. The number of hydrogen-bond donors (Lipinski definition) is 2. The molecule has 2 aromatic rings. The Balaban J connectivity index is 0.00000338. The Bertz CT molecular complexity index is 660. The predicted molar refractivity (Wildman–Crippen MR) is 106 cm³/mol. The van der Waals surface area contributed by atoms with Gasteiger partial charge in [0.2, 0.25) is 5.91 Å². The highest BCUT2D eigenvalue weighted by Crippen LogP contribution is 2.23. The summed E-state index contributed by atoms with van der Waals surface area (Å²) in [6.07, 6.45) is 1.16. The highest BCUT2D eigenvalue weighted by molar-refractivity contribution is 5.85. The summed E-state index contributed by atoms with van der Waals surface area (Å²) in [7, 11) is 5.13. The fourth-order valence-electron chi connectivity index (χ4n) is 2.59. The molecule has 0 saturated carbocycles. The smallest absolute Gasteiger partial charge is 0.221 e. The van der Waals surface area contributed by atoms with Crippen LogP contribution in [0.15, 0.2) is 48.5 Å². The zero-order valence-electron chi connectivity index (χ0n) is 15.5. The Morgan fingerprint density at radius 2 is 1.50 bits per heavy atom. The molecule has 0 aliphatic rings. The van der Waals surface area contributed by atoms with E-state index in [2.05, 4.69) is 10.6 Å². The number of hydrogen-bond acceptors (Lipinski definition) is 4. The normalized spacial score (nSPS) is 11.2. The molecule has 0 saturated heterocycles. The van der Waals surface area contributed by atoms with Crippen molar-refractivity contribution < 1.29 is 14.3 Å². The van der Waals surface area contributed by atoms with Gasteiger partial charge in [0, 0.05) is 13.0 Å². The van der Waals surface area contributed by atoms with Gasteiger partial charge in [-0.2, -0.15) is 0 Å². The van der Waals surface area contributed by atoms with E-state index in [1.54, 1.807) is 14.2 Å². The minimum Gasteiger partial charge on any atom is -0.497 e. The van der Waals surface area contributed by atoms with Crippen LogP contribution in [0.3, 0.4) is 0 Å². The van der Waals surface area contributed by atoms with Gasteiger partial charge in [-0.1, -0.05) is 24.3 Å². The second kappa shape index (κ2) is 11.4. The van der Waals surface area contributed by atoms with Gasteiger partial charge in [0.1, 0.15) is 11.5 Å². The fraction of sp³-hybridized carbons (Fsp3) is 0.350. The maximum Gasteiger partial charge on any atom is 0.221 e. The molecule has 0 aromatic heterocycles. The highest BCUT2D eigenvalue weighted by Gasteiger charge is 2.15. The molecule has 26 heavy (non-hydrogen) atoms. The quantitative estimate of drug-likeness (QED) is 0.703. The third-order valence-electron chi connectivity index (χ3n) is 4.05. The number of amides is 1. The predicted octanol–water partition coefficient (Wildman–Crippen LogP) is 3.14. The number of carbonyl (C=O) groups is 1. The molecule has 142 valence electrons. The van der Waals surface area contributed by atoms with Crippen molar-refractivity contribution in [3.8, 4) is 11.5 Å². The van der Waals surface area contributed by atoms with E-state index in [-0.39, 0.29) is 24.4 Å². The van der Waals surface area contributed by atoms with E-state index in [0.29, 0.717) is 19.4 Å². The number of benzene rings is 2. The summed E-state index contributed by atoms with van der Waals surface area (Å²) < 4.78 is 10.4. The summed E-state index contributed by atoms with van der Waals surface area (Å²) in [5.74, 6) is 1.65. The molecule has 0 aliphatic carbocycles. The van der Waals surface area contributed by atoms with Gasteiger partial charge in [-0.25, -0.2) is 0 Å². The fourth-order valence-corrected chi connectivity index (χ4v) is 2.59. The average Bonchev–Trinajstić information content (AvgIpc) is 2.66. The standard InChI is InChI=1S/C20H26N2O3.ClH/c1-21-13-12-20(23)22-19(16-6-10-18(25-3)11-7-16)14-15-4-8-17(24-2)9-5-15;/h4-11,19,21H,12-14H2,1-3H3,(H,22,23);1H. The molecule has 2 N–H and O–H groups in total. The lowest BCUT2D eigenvalue weighted by Gasteiger charge is -2.20. The van der Waals surface area contributed by atoms with Crippen molar-refractivity contribution in [1.29, 1.82) is 0 Å². The number of carbonyl (C=O) groups excluding carboxylic acids is 1. The van der Waals surface area contributed by atoms with Crippen LogP contribution in [0.25, 0.3) is 0 Å².